The van der Waals surface area contributed by atoms with E-state index in [-0.39, 0.29) is 0 Å². The fourth-order valence-electron chi connectivity index (χ4n) is 2.02. The standard InChI is InChI=1S/C15H17N/c1-4-7-12-10-11-15(16(2)3)14-9-6-5-8-13(12)14/h4-11H,1-3H3. The molecule has 2 aromatic rings. The third-order valence-corrected chi connectivity index (χ3v) is 2.76. The molecular formula is C15H17N. The van der Waals surface area contributed by atoms with Crippen LogP contribution in [0.2, 0.25) is 0 Å². The van der Waals surface area contributed by atoms with Crippen molar-refractivity contribution >= 4 is 22.5 Å². The number of fused-ring (bicyclic) bond motifs is 1. The predicted molar refractivity (Wildman–Crippen MR) is 73.0 cm³/mol. The van der Waals surface area contributed by atoms with Gasteiger partial charge in [-0.3, -0.25) is 0 Å². The smallest absolute Gasteiger partial charge is 0.0441 e. The number of anilines is 1. The summed E-state index contributed by atoms with van der Waals surface area (Å²) < 4.78 is 0. The van der Waals surface area contributed by atoms with Gasteiger partial charge in [-0.05, 0) is 23.9 Å². The summed E-state index contributed by atoms with van der Waals surface area (Å²) >= 11 is 0. The maximum Gasteiger partial charge on any atom is 0.0441 e. The van der Waals surface area contributed by atoms with E-state index < -0.39 is 0 Å². The lowest BCUT2D eigenvalue weighted by molar-refractivity contribution is 1.14. The predicted octanol–water partition coefficient (Wildman–Crippen LogP) is 3.94. The van der Waals surface area contributed by atoms with Crippen LogP contribution in [0.4, 0.5) is 5.69 Å². The van der Waals surface area contributed by atoms with Crippen molar-refractivity contribution in [1.29, 1.82) is 0 Å². The molecule has 0 aliphatic carbocycles. The van der Waals surface area contributed by atoms with Gasteiger partial charge in [0.2, 0.25) is 0 Å². The lowest BCUT2D eigenvalue weighted by Crippen LogP contribution is -2.09. The van der Waals surface area contributed by atoms with Crippen LogP contribution in [-0.2, 0) is 0 Å². The Morgan fingerprint density at radius 3 is 2.25 bits per heavy atom. The van der Waals surface area contributed by atoms with Crippen molar-refractivity contribution in [3.05, 3.63) is 48.0 Å². The second-order valence-corrected chi connectivity index (χ2v) is 4.11. The molecule has 1 nitrogen and oxygen atoms in total. The highest BCUT2D eigenvalue weighted by Crippen LogP contribution is 2.28. The summed E-state index contributed by atoms with van der Waals surface area (Å²) in [4.78, 5) is 2.15. The molecule has 0 bridgehead atoms. The van der Waals surface area contributed by atoms with Crippen LogP contribution in [0.25, 0.3) is 16.8 Å². The number of nitrogens with zero attached hydrogens (tertiary/aromatic N) is 1. The second-order valence-electron chi connectivity index (χ2n) is 4.11. The molecule has 0 unspecified atom stereocenters. The third kappa shape index (κ3) is 1.81. The molecule has 0 aromatic heterocycles. The lowest BCUT2D eigenvalue weighted by Gasteiger charge is -2.16. The van der Waals surface area contributed by atoms with Gasteiger partial charge in [-0.25, -0.2) is 0 Å². The van der Waals surface area contributed by atoms with Gasteiger partial charge in [0.05, 0.1) is 0 Å². The van der Waals surface area contributed by atoms with Crippen LogP contribution in [0.3, 0.4) is 0 Å². The van der Waals surface area contributed by atoms with Crippen LogP contribution in [0, 0.1) is 0 Å². The van der Waals surface area contributed by atoms with Gasteiger partial charge in [-0.1, -0.05) is 42.5 Å². The van der Waals surface area contributed by atoms with Crippen molar-refractivity contribution < 1.29 is 0 Å². The number of benzene rings is 2. The van der Waals surface area contributed by atoms with E-state index in [1.165, 1.54) is 22.0 Å². The van der Waals surface area contributed by atoms with E-state index in [9.17, 15) is 0 Å². The molecule has 0 aliphatic rings. The third-order valence-electron chi connectivity index (χ3n) is 2.76. The Bertz CT molecular complexity index is 524. The molecule has 82 valence electrons. The van der Waals surface area contributed by atoms with Crippen molar-refractivity contribution in [3.8, 4) is 0 Å². The van der Waals surface area contributed by atoms with Crippen molar-refractivity contribution in [3.63, 3.8) is 0 Å². The maximum absolute atomic E-state index is 2.18. The fraction of sp³-hybridized carbons (Fsp3) is 0.200. The Hall–Kier alpha value is -1.76. The normalized spacial score (nSPS) is 11.2. The first-order valence-electron chi connectivity index (χ1n) is 5.56. The molecule has 16 heavy (non-hydrogen) atoms. The molecule has 0 saturated heterocycles. The average Bonchev–Trinajstić information content (AvgIpc) is 2.29. The summed E-state index contributed by atoms with van der Waals surface area (Å²) in [6, 6.07) is 12.9. The van der Waals surface area contributed by atoms with Crippen LogP contribution < -0.4 is 4.90 Å². The Balaban J connectivity index is 2.77. The summed E-state index contributed by atoms with van der Waals surface area (Å²) in [5, 5.41) is 2.62. The number of hydrogen-bond donors (Lipinski definition) is 0. The first-order valence-corrected chi connectivity index (χ1v) is 5.56. The van der Waals surface area contributed by atoms with Crippen molar-refractivity contribution in [2.75, 3.05) is 19.0 Å². The largest absolute Gasteiger partial charge is 0.377 e. The zero-order valence-corrected chi connectivity index (χ0v) is 10.1. The zero-order valence-electron chi connectivity index (χ0n) is 10.1. The Kier molecular flexibility index (Phi) is 2.95. The fourth-order valence-corrected chi connectivity index (χ4v) is 2.02. The van der Waals surface area contributed by atoms with Gasteiger partial charge in [0.15, 0.2) is 0 Å². The summed E-state index contributed by atoms with van der Waals surface area (Å²) in [6.07, 6.45) is 4.23. The van der Waals surface area contributed by atoms with Crippen molar-refractivity contribution in [2.45, 2.75) is 6.92 Å². The molecular weight excluding hydrogens is 194 g/mol. The zero-order chi connectivity index (χ0) is 11.5. The molecule has 1 heteroatoms. The average molecular weight is 211 g/mol. The van der Waals surface area contributed by atoms with Crippen LogP contribution in [0.1, 0.15) is 12.5 Å². The van der Waals surface area contributed by atoms with E-state index in [0.29, 0.717) is 0 Å². The topological polar surface area (TPSA) is 3.24 Å². The highest BCUT2D eigenvalue weighted by atomic mass is 15.1. The number of hydrogen-bond acceptors (Lipinski definition) is 1. The minimum Gasteiger partial charge on any atom is -0.377 e. The molecule has 0 heterocycles. The summed E-state index contributed by atoms with van der Waals surface area (Å²) in [7, 11) is 4.16. The van der Waals surface area contributed by atoms with Gasteiger partial charge in [0.1, 0.15) is 0 Å². The van der Waals surface area contributed by atoms with E-state index >= 15 is 0 Å². The quantitative estimate of drug-likeness (QED) is 0.727. The van der Waals surface area contributed by atoms with Gasteiger partial charge >= 0.3 is 0 Å². The van der Waals surface area contributed by atoms with Crippen LogP contribution in [0.15, 0.2) is 42.5 Å². The Morgan fingerprint density at radius 2 is 1.62 bits per heavy atom. The van der Waals surface area contributed by atoms with Crippen LogP contribution >= 0.6 is 0 Å². The minimum absolute atomic E-state index is 1.27. The molecule has 2 aromatic carbocycles. The minimum atomic E-state index is 1.27. The first-order chi connectivity index (χ1) is 7.74. The van der Waals surface area contributed by atoms with Gasteiger partial charge in [0.25, 0.3) is 0 Å². The van der Waals surface area contributed by atoms with E-state index in [0.717, 1.165) is 0 Å². The van der Waals surface area contributed by atoms with Gasteiger partial charge in [-0.2, -0.15) is 0 Å². The molecule has 2 rings (SSSR count). The van der Waals surface area contributed by atoms with E-state index in [1.54, 1.807) is 0 Å². The monoisotopic (exact) mass is 211 g/mol. The highest BCUT2D eigenvalue weighted by Gasteiger charge is 2.04. The molecule has 0 fully saturated rings. The number of rotatable bonds is 2. The molecule has 0 atom stereocenters. The Labute approximate surface area is 97.0 Å². The Morgan fingerprint density at radius 1 is 0.938 bits per heavy atom. The molecule has 0 radical (unpaired) electrons. The summed E-state index contributed by atoms with van der Waals surface area (Å²) in [5.74, 6) is 0. The van der Waals surface area contributed by atoms with Crippen molar-refractivity contribution in [2.24, 2.45) is 0 Å². The molecule has 0 N–H and O–H groups in total. The van der Waals surface area contributed by atoms with E-state index in [2.05, 4.69) is 74.5 Å². The molecule has 0 amide bonds. The van der Waals surface area contributed by atoms with E-state index in [1.807, 2.05) is 0 Å². The maximum atomic E-state index is 2.18. The lowest BCUT2D eigenvalue weighted by atomic mass is 10.0. The summed E-state index contributed by atoms with van der Waals surface area (Å²) in [5.41, 5.74) is 2.55. The molecule has 0 aliphatic heterocycles. The van der Waals surface area contributed by atoms with Crippen molar-refractivity contribution in [1.82, 2.24) is 0 Å². The molecule has 0 saturated carbocycles. The first kappa shape index (κ1) is 10.7. The van der Waals surface area contributed by atoms with Crippen LogP contribution in [0.5, 0.6) is 0 Å². The van der Waals surface area contributed by atoms with Gasteiger partial charge < -0.3 is 4.90 Å². The van der Waals surface area contributed by atoms with E-state index in [4.69, 9.17) is 0 Å². The second kappa shape index (κ2) is 4.40. The van der Waals surface area contributed by atoms with Gasteiger partial charge in [0, 0.05) is 25.2 Å². The van der Waals surface area contributed by atoms with Gasteiger partial charge in [-0.15, -0.1) is 0 Å². The molecule has 0 spiro atoms. The highest BCUT2D eigenvalue weighted by molar-refractivity contribution is 5.99. The summed E-state index contributed by atoms with van der Waals surface area (Å²) in [6.45, 7) is 2.05. The SMILES string of the molecule is CC=Cc1ccc(N(C)C)c2ccccc12. The number of allylic oxidation sites excluding steroid dienone is 1. The van der Waals surface area contributed by atoms with Crippen LogP contribution in [-0.4, -0.2) is 14.1 Å².